The zero-order valence-electron chi connectivity index (χ0n) is 11.3. The third kappa shape index (κ3) is 4.84. The lowest BCUT2D eigenvalue weighted by atomic mass is 10.2. The first kappa shape index (κ1) is 16.0. The van der Waals surface area contributed by atoms with Crippen LogP contribution in [0.4, 0.5) is 11.4 Å². The van der Waals surface area contributed by atoms with Crippen molar-refractivity contribution in [2.24, 2.45) is 5.92 Å². The standard InChI is InChI=1S/C13H19ClN2O2S/c1-8(2)7-19(18)9(3)13(17)16-12-5-4-10(15)6-11(12)14/h4-6,8-9H,7,15H2,1-3H3,(H,16,17). The van der Waals surface area contributed by atoms with Crippen LogP contribution in [0.25, 0.3) is 0 Å². The fourth-order valence-electron chi connectivity index (χ4n) is 1.46. The first-order chi connectivity index (χ1) is 8.81. The maximum absolute atomic E-state index is 12.0. The van der Waals surface area contributed by atoms with Gasteiger partial charge in [-0.3, -0.25) is 9.00 Å². The summed E-state index contributed by atoms with van der Waals surface area (Å²) in [5, 5.41) is 2.47. The molecule has 1 aromatic rings. The Hall–Kier alpha value is -1.07. The molecule has 0 fully saturated rings. The van der Waals surface area contributed by atoms with Crippen molar-refractivity contribution >= 4 is 39.7 Å². The number of carbonyl (C=O) groups is 1. The van der Waals surface area contributed by atoms with E-state index in [-0.39, 0.29) is 11.8 Å². The minimum absolute atomic E-state index is 0.288. The van der Waals surface area contributed by atoms with Gasteiger partial charge in [-0.15, -0.1) is 0 Å². The van der Waals surface area contributed by atoms with Crippen molar-refractivity contribution in [3.8, 4) is 0 Å². The number of rotatable bonds is 5. The van der Waals surface area contributed by atoms with E-state index in [0.29, 0.717) is 22.2 Å². The first-order valence-electron chi connectivity index (χ1n) is 6.04. The number of nitrogen functional groups attached to an aromatic ring is 1. The average Bonchev–Trinajstić information content (AvgIpc) is 2.30. The number of hydrogen-bond donors (Lipinski definition) is 2. The summed E-state index contributed by atoms with van der Waals surface area (Å²) in [4.78, 5) is 12.0. The molecule has 1 aromatic carbocycles. The molecule has 2 atom stereocenters. The van der Waals surface area contributed by atoms with Crippen LogP contribution in [0.3, 0.4) is 0 Å². The molecule has 0 aliphatic carbocycles. The molecule has 2 unspecified atom stereocenters. The van der Waals surface area contributed by atoms with Gasteiger partial charge >= 0.3 is 0 Å². The third-order valence-electron chi connectivity index (χ3n) is 2.51. The molecule has 0 saturated heterocycles. The Morgan fingerprint density at radius 2 is 2.05 bits per heavy atom. The van der Waals surface area contributed by atoms with Gasteiger partial charge in [-0.25, -0.2) is 0 Å². The molecule has 0 heterocycles. The van der Waals surface area contributed by atoms with E-state index in [1.54, 1.807) is 25.1 Å². The van der Waals surface area contributed by atoms with Crippen molar-refractivity contribution in [3.63, 3.8) is 0 Å². The minimum atomic E-state index is -1.19. The van der Waals surface area contributed by atoms with E-state index in [9.17, 15) is 9.00 Å². The fourth-order valence-corrected chi connectivity index (χ4v) is 2.94. The third-order valence-corrected chi connectivity index (χ3v) is 4.82. The van der Waals surface area contributed by atoms with Crippen LogP contribution in [0.2, 0.25) is 5.02 Å². The average molecular weight is 303 g/mol. The Morgan fingerprint density at radius 3 is 2.58 bits per heavy atom. The van der Waals surface area contributed by atoms with Gasteiger partial charge in [-0.1, -0.05) is 25.4 Å². The maximum Gasteiger partial charge on any atom is 0.239 e. The summed E-state index contributed by atoms with van der Waals surface area (Å²) in [5.74, 6) is 0.492. The Morgan fingerprint density at radius 1 is 1.42 bits per heavy atom. The Labute approximate surface area is 121 Å². The van der Waals surface area contributed by atoms with E-state index in [2.05, 4.69) is 5.32 Å². The Kier molecular flexibility index (Phi) is 5.82. The Balaban J connectivity index is 2.71. The second-order valence-corrected chi connectivity index (χ2v) is 7.02. The molecule has 3 N–H and O–H groups in total. The highest BCUT2D eigenvalue weighted by Gasteiger charge is 2.21. The van der Waals surface area contributed by atoms with Gasteiger partial charge in [-0.2, -0.15) is 0 Å². The van der Waals surface area contributed by atoms with Gasteiger partial charge in [0.2, 0.25) is 5.91 Å². The largest absolute Gasteiger partial charge is 0.399 e. The molecular weight excluding hydrogens is 284 g/mol. The van der Waals surface area contributed by atoms with Gasteiger partial charge in [0.05, 0.1) is 10.7 Å². The molecule has 0 aliphatic heterocycles. The van der Waals surface area contributed by atoms with Crippen LogP contribution in [0.1, 0.15) is 20.8 Å². The number of hydrogen-bond acceptors (Lipinski definition) is 3. The molecule has 0 spiro atoms. The number of carbonyl (C=O) groups excluding carboxylic acids is 1. The SMILES string of the molecule is CC(C)CS(=O)C(C)C(=O)Nc1ccc(N)cc1Cl. The van der Waals surface area contributed by atoms with E-state index >= 15 is 0 Å². The van der Waals surface area contributed by atoms with Crippen molar-refractivity contribution in [1.82, 2.24) is 0 Å². The van der Waals surface area contributed by atoms with Gasteiger partial charge in [0.1, 0.15) is 5.25 Å². The van der Waals surface area contributed by atoms with Gasteiger partial charge in [0.25, 0.3) is 0 Å². The summed E-state index contributed by atoms with van der Waals surface area (Å²) in [6.45, 7) is 5.60. The lowest BCUT2D eigenvalue weighted by Crippen LogP contribution is -2.31. The van der Waals surface area contributed by atoms with Gasteiger partial charge in [0, 0.05) is 22.2 Å². The number of nitrogens with one attached hydrogen (secondary N) is 1. The topological polar surface area (TPSA) is 72.2 Å². The summed E-state index contributed by atoms with van der Waals surface area (Å²) < 4.78 is 11.9. The minimum Gasteiger partial charge on any atom is -0.399 e. The van der Waals surface area contributed by atoms with Crippen LogP contribution >= 0.6 is 11.6 Å². The quantitative estimate of drug-likeness (QED) is 0.821. The van der Waals surface area contributed by atoms with Crippen molar-refractivity contribution in [2.45, 2.75) is 26.0 Å². The second kappa shape index (κ2) is 6.91. The first-order valence-corrected chi connectivity index (χ1v) is 7.80. The molecule has 0 aromatic heterocycles. The van der Waals surface area contributed by atoms with Crippen molar-refractivity contribution in [1.29, 1.82) is 0 Å². The molecular formula is C13H19ClN2O2S. The lowest BCUT2D eigenvalue weighted by Gasteiger charge is -2.14. The predicted octanol–water partition coefficient (Wildman–Crippen LogP) is 2.65. The summed E-state index contributed by atoms with van der Waals surface area (Å²) in [6, 6.07) is 4.85. The van der Waals surface area contributed by atoms with Crippen LogP contribution in [0, 0.1) is 5.92 Å². The van der Waals surface area contributed by atoms with Crippen molar-refractivity contribution < 1.29 is 9.00 Å². The second-order valence-electron chi connectivity index (χ2n) is 4.81. The predicted molar refractivity (Wildman–Crippen MR) is 81.8 cm³/mol. The highest BCUT2D eigenvalue weighted by molar-refractivity contribution is 7.86. The molecule has 6 heteroatoms. The number of amides is 1. The van der Waals surface area contributed by atoms with Gasteiger partial charge < -0.3 is 11.1 Å². The summed E-state index contributed by atoms with van der Waals surface area (Å²) in [6.07, 6.45) is 0. The molecule has 1 amide bonds. The smallest absolute Gasteiger partial charge is 0.239 e. The van der Waals surface area contributed by atoms with E-state index in [1.807, 2.05) is 13.8 Å². The normalized spacial score (nSPS) is 14.2. The monoisotopic (exact) mass is 302 g/mol. The zero-order chi connectivity index (χ0) is 14.6. The maximum atomic E-state index is 12.0. The highest BCUT2D eigenvalue weighted by atomic mass is 35.5. The molecule has 4 nitrogen and oxygen atoms in total. The summed E-state index contributed by atoms with van der Waals surface area (Å²) in [5.41, 5.74) is 6.58. The number of nitrogens with two attached hydrogens (primary N) is 1. The molecule has 0 aliphatic rings. The van der Waals surface area contributed by atoms with Gasteiger partial charge in [0.15, 0.2) is 0 Å². The molecule has 0 saturated carbocycles. The van der Waals surface area contributed by atoms with Crippen LogP contribution in [-0.2, 0) is 15.6 Å². The summed E-state index contributed by atoms with van der Waals surface area (Å²) >= 11 is 5.97. The highest BCUT2D eigenvalue weighted by Crippen LogP contribution is 2.24. The van der Waals surface area contributed by atoms with Crippen LogP contribution in [0.5, 0.6) is 0 Å². The van der Waals surface area contributed by atoms with Crippen LogP contribution in [0.15, 0.2) is 18.2 Å². The lowest BCUT2D eigenvalue weighted by molar-refractivity contribution is -0.115. The summed E-state index contributed by atoms with van der Waals surface area (Å²) in [7, 11) is -1.19. The molecule has 106 valence electrons. The molecule has 0 bridgehead atoms. The van der Waals surface area contributed by atoms with Gasteiger partial charge in [-0.05, 0) is 31.0 Å². The molecule has 0 radical (unpaired) electrons. The van der Waals surface area contributed by atoms with Crippen molar-refractivity contribution in [3.05, 3.63) is 23.2 Å². The number of benzene rings is 1. The fraction of sp³-hybridized carbons (Fsp3) is 0.462. The van der Waals surface area contributed by atoms with E-state index in [4.69, 9.17) is 17.3 Å². The van der Waals surface area contributed by atoms with Crippen LogP contribution < -0.4 is 11.1 Å². The zero-order valence-corrected chi connectivity index (χ0v) is 12.8. The van der Waals surface area contributed by atoms with E-state index < -0.39 is 16.0 Å². The molecule has 1 rings (SSSR count). The number of halogens is 1. The van der Waals surface area contributed by atoms with E-state index in [0.717, 1.165) is 0 Å². The van der Waals surface area contributed by atoms with E-state index in [1.165, 1.54) is 0 Å². The Bertz CT molecular complexity index is 492. The number of anilines is 2. The van der Waals surface area contributed by atoms with Crippen molar-refractivity contribution in [2.75, 3.05) is 16.8 Å². The van der Waals surface area contributed by atoms with Crippen LogP contribution in [-0.4, -0.2) is 21.1 Å². The molecule has 19 heavy (non-hydrogen) atoms.